The molecule has 0 bridgehead atoms. The molecule has 0 saturated carbocycles. The fourth-order valence-corrected chi connectivity index (χ4v) is 2.45. The summed E-state index contributed by atoms with van der Waals surface area (Å²) < 4.78 is 0. The topological polar surface area (TPSA) is 37.4 Å². The Labute approximate surface area is 94.0 Å². The Morgan fingerprint density at radius 3 is 2.79 bits per heavy atom. The molecule has 0 aromatic heterocycles. The molecular weight excluding hydrogens is 218 g/mol. The molecule has 1 aliphatic rings. The van der Waals surface area contributed by atoms with Gasteiger partial charge < -0.3 is 0 Å². The van der Waals surface area contributed by atoms with E-state index in [9.17, 15) is 9.59 Å². The second-order valence-corrected chi connectivity index (χ2v) is 4.74. The van der Waals surface area contributed by atoms with Crippen molar-refractivity contribution in [1.29, 1.82) is 0 Å². The zero-order valence-corrected chi connectivity index (χ0v) is 9.94. The predicted molar refractivity (Wildman–Crippen MR) is 61.8 cm³/mol. The van der Waals surface area contributed by atoms with E-state index in [1.807, 2.05) is 6.92 Å². The fraction of sp³-hybridized carbons (Fsp3) is 0.778. The zero-order valence-electron chi connectivity index (χ0n) is 8.23. The largest absolute Gasteiger partial charge is 0.288 e. The third-order valence-electron chi connectivity index (χ3n) is 2.34. The molecule has 1 fully saturated rings. The van der Waals surface area contributed by atoms with E-state index in [0.717, 1.165) is 12.2 Å². The van der Waals surface area contributed by atoms with Crippen molar-refractivity contribution in [1.82, 2.24) is 4.90 Å². The van der Waals surface area contributed by atoms with Crippen LogP contribution in [0.2, 0.25) is 0 Å². The highest BCUT2D eigenvalue weighted by atomic mass is 32.2. The van der Waals surface area contributed by atoms with Crippen LogP contribution in [0.5, 0.6) is 0 Å². The lowest BCUT2D eigenvalue weighted by atomic mass is 10.1. The number of thioether (sulfide) groups is 1. The van der Waals surface area contributed by atoms with Gasteiger partial charge in [0.1, 0.15) is 0 Å². The molecule has 0 aromatic rings. The van der Waals surface area contributed by atoms with Crippen molar-refractivity contribution in [2.45, 2.75) is 19.8 Å². The van der Waals surface area contributed by atoms with Crippen LogP contribution in [0.25, 0.3) is 0 Å². The van der Waals surface area contributed by atoms with Gasteiger partial charge in [-0.2, -0.15) is 12.6 Å². The number of thiol groups is 1. The number of amides is 2. The van der Waals surface area contributed by atoms with Gasteiger partial charge in [0.2, 0.25) is 5.91 Å². The SMILES string of the molecule is CCC(CS)CN1C(=O)CCSC1=O. The van der Waals surface area contributed by atoms with Gasteiger partial charge in [0.15, 0.2) is 0 Å². The lowest BCUT2D eigenvalue weighted by Crippen LogP contribution is -2.41. The van der Waals surface area contributed by atoms with E-state index in [-0.39, 0.29) is 11.1 Å². The number of imide groups is 1. The first-order valence-corrected chi connectivity index (χ1v) is 6.38. The molecule has 1 aliphatic heterocycles. The Morgan fingerprint density at radius 2 is 2.29 bits per heavy atom. The van der Waals surface area contributed by atoms with E-state index < -0.39 is 0 Å². The van der Waals surface area contributed by atoms with Crippen LogP contribution in [0, 0.1) is 5.92 Å². The summed E-state index contributed by atoms with van der Waals surface area (Å²) in [5, 5.41) is -0.0958. The van der Waals surface area contributed by atoms with Crippen molar-refractivity contribution >= 4 is 35.5 Å². The van der Waals surface area contributed by atoms with Crippen molar-refractivity contribution in [2.24, 2.45) is 5.92 Å². The maximum atomic E-state index is 11.4. The van der Waals surface area contributed by atoms with Crippen molar-refractivity contribution in [2.75, 3.05) is 18.1 Å². The number of rotatable bonds is 4. The van der Waals surface area contributed by atoms with Crippen LogP contribution in [-0.4, -0.2) is 34.1 Å². The summed E-state index contributed by atoms with van der Waals surface area (Å²) in [6, 6.07) is 0. The van der Waals surface area contributed by atoms with Crippen molar-refractivity contribution < 1.29 is 9.59 Å². The number of carbonyl (C=O) groups excluding carboxylic acids is 2. The Kier molecular flexibility index (Phi) is 4.81. The van der Waals surface area contributed by atoms with Crippen LogP contribution in [0.4, 0.5) is 4.79 Å². The van der Waals surface area contributed by atoms with Crippen LogP contribution in [-0.2, 0) is 4.79 Å². The first kappa shape index (κ1) is 11.9. The maximum Gasteiger partial charge on any atom is 0.288 e. The normalized spacial score (nSPS) is 20.0. The lowest BCUT2D eigenvalue weighted by molar-refractivity contribution is -0.128. The molecular formula is C9H15NO2S2. The molecule has 0 aromatic carbocycles. The highest BCUT2D eigenvalue weighted by molar-refractivity contribution is 8.13. The zero-order chi connectivity index (χ0) is 10.6. The average Bonchev–Trinajstić information content (AvgIpc) is 2.18. The monoisotopic (exact) mass is 233 g/mol. The molecule has 1 atom stereocenters. The third-order valence-corrected chi connectivity index (χ3v) is 3.73. The highest BCUT2D eigenvalue weighted by Gasteiger charge is 2.27. The van der Waals surface area contributed by atoms with Crippen LogP contribution >= 0.6 is 24.4 Å². The number of hydrogen-bond donors (Lipinski definition) is 1. The van der Waals surface area contributed by atoms with Gasteiger partial charge in [-0.3, -0.25) is 14.5 Å². The molecule has 5 heteroatoms. The van der Waals surface area contributed by atoms with Crippen molar-refractivity contribution in [3.8, 4) is 0 Å². The molecule has 80 valence electrons. The van der Waals surface area contributed by atoms with Crippen LogP contribution in [0.15, 0.2) is 0 Å². The molecule has 2 amide bonds. The minimum atomic E-state index is -0.0958. The highest BCUT2D eigenvalue weighted by Crippen LogP contribution is 2.20. The Morgan fingerprint density at radius 1 is 1.57 bits per heavy atom. The summed E-state index contributed by atoms with van der Waals surface area (Å²) in [6.07, 6.45) is 1.44. The van der Waals surface area contributed by atoms with E-state index in [2.05, 4.69) is 12.6 Å². The third kappa shape index (κ3) is 2.92. The van der Waals surface area contributed by atoms with Gasteiger partial charge in [-0.25, -0.2) is 0 Å². The predicted octanol–water partition coefficient (Wildman–Crippen LogP) is 2.03. The minimum absolute atomic E-state index is 0.0333. The summed E-state index contributed by atoms with van der Waals surface area (Å²) in [4.78, 5) is 24.2. The molecule has 14 heavy (non-hydrogen) atoms. The molecule has 1 rings (SSSR count). The van der Waals surface area contributed by atoms with E-state index in [4.69, 9.17) is 0 Å². The summed E-state index contributed by atoms with van der Waals surface area (Å²) in [5.41, 5.74) is 0. The molecule has 0 N–H and O–H groups in total. The minimum Gasteiger partial charge on any atom is -0.274 e. The maximum absolute atomic E-state index is 11.4. The number of nitrogens with zero attached hydrogens (tertiary/aromatic N) is 1. The Balaban J connectivity index is 2.55. The summed E-state index contributed by atoms with van der Waals surface area (Å²) in [6.45, 7) is 2.58. The van der Waals surface area contributed by atoms with Gasteiger partial charge in [-0.15, -0.1) is 0 Å². The van der Waals surface area contributed by atoms with Crippen LogP contribution < -0.4 is 0 Å². The average molecular weight is 233 g/mol. The van der Waals surface area contributed by atoms with E-state index in [1.54, 1.807) is 0 Å². The number of carbonyl (C=O) groups is 2. The fourth-order valence-electron chi connectivity index (χ4n) is 1.29. The Hall–Kier alpha value is -0.160. The summed E-state index contributed by atoms with van der Waals surface area (Å²) in [5.74, 6) is 1.64. The number of hydrogen-bond acceptors (Lipinski definition) is 4. The molecule has 1 heterocycles. The molecule has 0 spiro atoms. The standard InChI is InChI=1S/C9H15NO2S2/c1-2-7(6-13)5-10-8(11)3-4-14-9(10)12/h7,13H,2-6H2,1H3. The van der Waals surface area contributed by atoms with Gasteiger partial charge in [0.25, 0.3) is 5.24 Å². The van der Waals surface area contributed by atoms with Crippen LogP contribution in [0.3, 0.4) is 0 Å². The van der Waals surface area contributed by atoms with Gasteiger partial charge in [-0.05, 0) is 11.7 Å². The molecule has 0 aliphatic carbocycles. The molecule has 3 nitrogen and oxygen atoms in total. The first-order chi connectivity index (χ1) is 6.69. The van der Waals surface area contributed by atoms with Gasteiger partial charge in [0, 0.05) is 18.7 Å². The van der Waals surface area contributed by atoms with Crippen molar-refractivity contribution in [3.63, 3.8) is 0 Å². The summed E-state index contributed by atoms with van der Waals surface area (Å²) >= 11 is 5.43. The van der Waals surface area contributed by atoms with E-state index >= 15 is 0 Å². The quantitative estimate of drug-likeness (QED) is 0.755. The lowest BCUT2D eigenvalue weighted by Gasteiger charge is -2.27. The molecule has 1 unspecified atom stereocenters. The smallest absolute Gasteiger partial charge is 0.274 e. The van der Waals surface area contributed by atoms with E-state index in [0.29, 0.717) is 24.6 Å². The van der Waals surface area contributed by atoms with Gasteiger partial charge in [-0.1, -0.05) is 25.1 Å². The van der Waals surface area contributed by atoms with E-state index in [1.165, 1.54) is 16.7 Å². The summed E-state index contributed by atoms with van der Waals surface area (Å²) in [7, 11) is 0. The Bertz CT molecular complexity index is 213. The van der Waals surface area contributed by atoms with Gasteiger partial charge in [0.05, 0.1) is 0 Å². The van der Waals surface area contributed by atoms with Gasteiger partial charge >= 0.3 is 0 Å². The van der Waals surface area contributed by atoms with Crippen molar-refractivity contribution in [3.05, 3.63) is 0 Å². The molecule has 1 saturated heterocycles. The first-order valence-electron chi connectivity index (χ1n) is 4.77. The second kappa shape index (κ2) is 5.66. The molecule has 0 radical (unpaired) electrons. The second-order valence-electron chi connectivity index (χ2n) is 3.33. The van der Waals surface area contributed by atoms with Crippen LogP contribution in [0.1, 0.15) is 19.8 Å².